The summed E-state index contributed by atoms with van der Waals surface area (Å²) in [6.07, 6.45) is 3.61. The van der Waals surface area contributed by atoms with Crippen LogP contribution in [-0.2, 0) is 4.84 Å². The standard InChI is InChI=1S/C5H6N2O/c6-2-4-7-3-1-5-8-7/h1,3H,4-5H2. The molecule has 0 saturated heterocycles. The number of hydrogen-bond donors (Lipinski definition) is 0. The van der Waals surface area contributed by atoms with E-state index in [0.29, 0.717) is 13.2 Å². The van der Waals surface area contributed by atoms with Crippen LogP contribution in [0.2, 0.25) is 0 Å². The highest BCUT2D eigenvalue weighted by Crippen LogP contribution is 1.97. The molecule has 42 valence electrons. The first-order chi connectivity index (χ1) is 3.93. The lowest BCUT2D eigenvalue weighted by molar-refractivity contribution is -0.0790. The lowest BCUT2D eigenvalue weighted by atomic mass is 10.6. The van der Waals surface area contributed by atoms with Crippen molar-refractivity contribution in [3.8, 4) is 6.07 Å². The second-order valence-corrected chi connectivity index (χ2v) is 1.41. The number of nitrogens with zero attached hydrogens (tertiary/aromatic N) is 2. The minimum atomic E-state index is 0.316. The van der Waals surface area contributed by atoms with Gasteiger partial charge in [0.25, 0.3) is 0 Å². The summed E-state index contributed by atoms with van der Waals surface area (Å²) < 4.78 is 0. The van der Waals surface area contributed by atoms with Crippen LogP contribution in [0.15, 0.2) is 12.3 Å². The van der Waals surface area contributed by atoms with Gasteiger partial charge in [-0.2, -0.15) is 5.26 Å². The van der Waals surface area contributed by atoms with Gasteiger partial charge >= 0.3 is 0 Å². The maximum absolute atomic E-state index is 8.12. The fraction of sp³-hybridized carbons (Fsp3) is 0.400. The van der Waals surface area contributed by atoms with Gasteiger partial charge in [0.15, 0.2) is 0 Å². The molecule has 0 fully saturated rings. The van der Waals surface area contributed by atoms with E-state index in [-0.39, 0.29) is 0 Å². The van der Waals surface area contributed by atoms with Crippen LogP contribution in [0.3, 0.4) is 0 Å². The summed E-state index contributed by atoms with van der Waals surface area (Å²) in [5.41, 5.74) is 0. The molecule has 1 rings (SSSR count). The van der Waals surface area contributed by atoms with Crippen molar-refractivity contribution in [3.63, 3.8) is 0 Å². The highest BCUT2D eigenvalue weighted by atomic mass is 16.7. The smallest absolute Gasteiger partial charge is 0.132 e. The van der Waals surface area contributed by atoms with Crippen LogP contribution in [0.1, 0.15) is 0 Å². The third-order valence-corrected chi connectivity index (χ3v) is 0.835. The largest absolute Gasteiger partial charge is 0.269 e. The van der Waals surface area contributed by atoms with Crippen molar-refractivity contribution < 1.29 is 4.84 Å². The monoisotopic (exact) mass is 110 g/mol. The molecule has 1 aliphatic rings. The molecule has 3 nitrogen and oxygen atoms in total. The SMILES string of the molecule is N#CCN1C=CCO1. The summed E-state index contributed by atoms with van der Waals surface area (Å²) >= 11 is 0. The highest BCUT2D eigenvalue weighted by molar-refractivity contribution is 4.88. The Morgan fingerprint density at radius 3 is 3.25 bits per heavy atom. The summed E-state index contributed by atoms with van der Waals surface area (Å²) in [4.78, 5) is 4.89. The van der Waals surface area contributed by atoms with Crippen molar-refractivity contribution in [3.05, 3.63) is 12.3 Å². The summed E-state index contributed by atoms with van der Waals surface area (Å²) in [6.45, 7) is 0.915. The van der Waals surface area contributed by atoms with Crippen LogP contribution in [0.4, 0.5) is 0 Å². The molecule has 0 radical (unpaired) electrons. The van der Waals surface area contributed by atoms with E-state index in [9.17, 15) is 0 Å². The highest BCUT2D eigenvalue weighted by Gasteiger charge is 2.00. The molecule has 0 aromatic heterocycles. The molecule has 0 atom stereocenters. The van der Waals surface area contributed by atoms with Gasteiger partial charge < -0.3 is 0 Å². The predicted molar refractivity (Wildman–Crippen MR) is 27.4 cm³/mol. The van der Waals surface area contributed by atoms with Crippen LogP contribution in [0.25, 0.3) is 0 Å². The molecule has 1 aliphatic heterocycles. The second-order valence-electron chi connectivity index (χ2n) is 1.41. The normalized spacial score (nSPS) is 16.6. The minimum absolute atomic E-state index is 0.316. The first-order valence-electron chi connectivity index (χ1n) is 2.36. The van der Waals surface area contributed by atoms with Crippen LogP contribution in [0, 0.1) is 11.3 Å². The van der Waals surface area contributed by atoms with Crippen LogP contribution >= 0.6 is 0 Å². The number of hydrogen-bond acceptors (Lipinski definition) is 3. The van der Waals surface area contributed by atoms with Gasteiger partial charge in [-0.3, -0.25) is 4.84 Å². The average Bonchev–Trinajstić information content (AvgIpc) is 2.19. The Morgan fingerprint density at radius 1 is 1.88 bits per heavy atom. The quantitative estimate of drug-likeness (QED) is 0.454. The van der Waals surface area contributed by atoms with Gasteiger partial charge in [0.1, 0.15) is 6.54 Å². The molecule has 0 spiro atoms. The van der Waals surface area contributed by atoms with Gasteiger partial charge in [0, 0.05) is 6.20 Å². The van der Waals surface area contributed by atoms with Crippen molar-refractivity contribution in [2.75, 3.05) is 13.2 Å². The number of nitriles is 1. The Labute approximate surface area is 47.7 Å². The van der Waals surface area contributed by atoms with Gasteiger partial charge in [-0.05, 0) is 6.08 Å². The van der Waals surface area contributed by atoms with Gasteiger partial charge in [-0.15, -0.1) is 0 Å². The molecule has 0 aromatic rings. The maximum Gasteiger partial charge on any atom is 0.132 e. The zero-order chi connectivity index (χ0) is 5.82. The zero-order valence-electron chi connectivity index (χ0n) is 4.37. The van der Waals surface area contributed by atoms with E-state index in [0.717, 1.165) is 0 Å². The molecule has 8 heavy (non-hydrogen) atoms. The van der Waals surface area contributed by atoms with Crippen LogP contribution < -0.4 is 0 Å². The topological polar surface area (TPSA) is 36.3 Å². The van der Waals surface area contributed by atoms with E-state index < -0.39 is 0 Å². The second kappa shape index (κ2) is 2.34. The minimum Gasteiger partial charge on any atom is -0.269 e. The third-order valence-electron chi connectivity index (χ3n) is 0.835. The van der Waals surface area contributed by atoms with E-state index >= 15 is 0 Å². The summed E-state index contributed by atoms with van der Waals surface area (Å²) in [6, 6.07) is 1.96. The maximum atomic E-state index is 8.12. The van der Waals surface area contributed by atoms with Crippen molar-refractivity contribution >= 4 is 0 Å². The number of hydroxylamine groups is 2. The van der Waals surface area contributed by atoms with E-state index in [1.54, 1.807) is 6.20 Å². The molecule has 0 N–H and O–H groups in total. The third kappa shape index (κ3) is 0.983. The van der Waals surface area contributed by atoms with Crippen molar-refractivity contribution in [1.82, 2.24) is 5.06 Å². The van der Waals surface area contributed by atoms with E-state index in [1.807, 2.05) is 12.1 Å². The van der Waals surface area contributed by atoms with E-state index in [1.165, 1.54) is 5.06 Å². The van der Waals surface area contributed by atoms with Gasteiger partial charge in [-0.1, -0.05) is 0 Å². The predicted octanol–water partition coefficient (Wildman–Crippen LogP) is 0.271. The van der Waals surface area contributed by atoms with Crippen molar-refractivity contribution in [2.45, 2.75) is 0 Å². The molecule has 0 unspecified atom stereocenters. The first kappa shape index (κ1) is 5.13. The van der Waals surface area contributed by atoms with Crippen LogP contribution in [0.5, 0.6) is 0 Å². The average molecular weight is 110 g/mol. The van der Waals surface area contributed by atoms with E-state index in [4.69, 9.17) is 10.1 Å². The van der Waals surface area contributed by atoms with Gasteiger partial charge in [0.05, 0.1) is 12.7 Å². The Kier molecular flexibility index (Phi) is 1.50. The summed E-state index contributed by atoms with van der Waals surface area (Å²) in [5.74, 6) is 0. The van der Waals surface area contributed by atoms with Crippen LogP contribution in [-0.4, -0.2) is 18.2 Å². The molecule has 0 bridgehead atoms. The Balaban J connectivity index is 2.28. The fourth-order valence-electron chi connectivity index (χ4n) is 0.510. The fourth-order valence-corrected chi connectivity index (χ4v) is 0.510. The molecule has 0 aliphatic carbocycles. The molecule has 1 heterocycles. The molecular weight excluding hydrogens is 104 g/mol. The first-order valence-corrected chi connectivity index (χ1v) is 2.36. The molecular formula is C5H6N2O. The molecule has 3 heteroatoms. The summed E-state index contributed by atoms with van der Waals surface area (Å²) in [7, 11) is 0. The Hall–Kier alpha value is -1.01. The Bertz CT molecular complexity index is 136. The van der Waals surface area contributed by atoms with Crippen molar-refractivity contribution in [1.29, 1.82) is 5.26 Å². The van der Waals surface area contributed by atoms with Gasteiger partial charge in [0.2, 0.25) is 0 Å². The van der Waals surface area contributed by atoms with Gasteiger partial charge in [-0.25, -0.2) is 5.06 Å². The molecule has 0 saturated carbocycles. The molecule has 0 amide bonds. The van der Waals surface area contributed by atoms with Crippen molar-refractivity contribution in [2.24, 2.45) is 0 Å². The zero-order valence-corrected chi connectivity index (χ0v) is 4.37. The summed E-state index contributed by atoms with van der Waals surface area (Å²) in [5, 5.41) is 9.62. The lowest BCUT2D eigenvalue weighted by Gasteiger charge is -2.06. The van der Waals surface area contributed by atoms with E-state index in [2.05, 4.69) is 0 Å². The lowest BCUT2D eigenvalue weighted by Crippen LogP contribution is -2.12. The number of rotatable bonds is 1. The Morgan fingerprint density at radius 2 is 2.75 bits per heavy atom. The molecule has 0 aromatic carbocycles.